The normalized spacial score (nSPS) is 13.2. The first-order valence-electron chi connectivity index (χ1n) is 8.75. The number of hydrogen-bond acceptors (Lipinski definition) is 5. The van der Waals surface area contributed by atoms with Crippen molar-refractivity contribution in [2.75, 3.05) is 7.11 Å². The number of hydrogen-bond donors (Lipinski definition) is 2. The summed E-state index contributed by atoms with van der Waals surface area (Å²) in [5, 5.41) is 7.04. The molecule has 2 aromatic carbocycles. The van der Waals surface area contributed by atoms with Crippen molar-refractivity contribution in [3.05, 3.63) is 58.6 Å². The molecule has 0 atom stereocenters. The highest BCUT2D eigenvalue weighted by Gasteiger charge is 2.26. The van der Waals surface area contributed by atoms with Crippen LogP contribution in [0.15, 0.2) is 47.6 Å². The maximum Gasteiger partial charge on any atom is 0.329 e. The van der Waals surface area contributed by atoms with Crippen LogP contribution in [0.2, 0.25) is 5.02 Å². The molecule has 1 aliphatic rings. The highest BCUT2D eigenvalue weighted by molar-refractivity contribution is 6.35. The molecule has 8 heteroatoms. The van der Waals surface area contributed by atoms with E-state index in [1.807, 2.05) is 18.2 Å². The Balaban J connectivity index is 1.68. The van der Waals surface area contributed by atoms with Crippen LogP contribution in [0.4, 0.5) is 0 Å². The molecule has 3 rings (SSSR count). The van der Waals surface area contributed by atoms with Gasteiger partial charge in [0.05, 0.1) is 13.3 Å². The van der Waals surface area contributed by atoms with E-state index < -0.39 is 11.8 Å². The van der Waals surface area contributed by atoms with Gasteiger partial charge in [0.15, 0.2) is 11.5 Å². The summed E-state index contributed by atoms with van der Waals surface area (Å²) >= 11 is 6.17. The fourth-order valence-corrected chi connectivity index (χ4v) is 2.60. The Kier molecular flexibility index (Phi) is 6.49. The quantitative estimate of drug-likeness (QED) is 0.424. The lowest BCUT2D eigenvalue weighted by Crippen LogP contribution is -2.38. The number of halogens is 1. The molecule has 0 unspecified atom stereocenters. The molecule has 146 valence electrons. The Morgan fingerprint density at radius 3 is 2.68 bits per heavy atom. The third-order valence-electron chi connectivity index (χ3n) is 4.05. The smallest absolute Gasteiger partial charge is 0.329 e. The summed E-state index contributed by atoms with van der Waals surface area (Å²) in [7, 11) is 1.53. The van der Waals surface area contributed by atoms with Gasteiger partial charge >= 0.3 is 11.8 Å². The van der Waals surface area contributed by atoms with Gasteiger partial charge in [-0.15, -0.1) is 0 Å². The Morgan fingerprint density at radius 1 is 1.18 bits per heavy atom. The number of para-hydroxylation sites is 1. The highest BCUT2D eigenvalue weighted by atomic mass is 35.5. The van der Waals surface area contributed by atoms with Crippen LogP contribution in [0, 0.1) is 0 Å². The molecular formula is C20H20ClN3O4. The number of nitrogens with one attached hydrogen (secondary N) is 2. The summed E-state index contributed by atoms with van der Waals surface area (Å²) < 4.78 is 11.2. The van der Waals surface area contributed by atoms with Crippen LogP contribution < -0.4 is 20.2 Å². The van der Waals surface area contributed by atoms with Crippen molar-refractivity contribution in [2.45, 2.75) is 25.5 Å². The van der Waals surface area contributed by atoms with Gasteiger partial charge in [-0.05, 0) is 31.0 Å². The first kappa shape index (κ1) is 19.7. The molecule has 0 radical (unpaired) electrons. The van der Waals surface area contributed by atoms with Gasteiger partial charge in [-0.3, -0.25) is 9.59 Å². The number of hydrazone groups is 1. The van der Waals surface area contributed by atoms with Crippen molar-refractivity contribution in [2.24, 2.45) is 5.10 Å². The number of amides is 2. The van der Waals surface area contributed by atoms with E-state index in [0.29, 0.717) is 22.1 Å². The minimum atomic E-state index is -0.815. The van der Waals surface area contributed by atoms with E-state index >= 15 is 0 Å². The van der Waals surface area contributed by atoms with Gasteiger partial charge in [-0.2, -0.15) is 5.10 Å². The van der Waals surface area contributed by atoms with Crippen LogP contribution in [0.25, 0.3) is 0 Å². The third kappa shape index (κ3) is 5.23. The number of carbonyl (C=O) groups is 2. The Morgan fingerprint density at radius 2 is 1.96 bits per heavy atom. The summed E-state index contributed by atoms with van der Waals surface area (Å²) in [6.07, 6.45) is 3.20. The van der Waals surface area contributed by atoms with Crippen molar-refractivity contribution in [3.8, 4) is 11.5 Å². The lowest BCUT2D eigenvalue weighted by Gasteiger charge is -2.13. The van der Waals surface area contributed by atoms with Gasteiger partial charge in [0.1, 0.15) is 6.61 Å². The number of benzene rings is 2. The molecular weight excluding hydrogens is 382 g/mol. The van der Waals surface area contributed by atoms with Crippen LogP contribution in [-0.2, 0) is 16.2 Å². The van der Waals surface area contributed by atoms with Crippen molar-refractivity contribution in [3.63, 3.8) is 0 Å². The van der Waals surface area contributed by atoms with Gasteiger partial charge < -0.3 is 14.8 Å². The van der Waals surface area contributed by atoms with E-state index in [1.54, 1.807) is 24.3 Å². The van der Waals surface area contributed by atoms with Crippen molar-refractivity contribution in [1.82, 2.24) is 10.7 Å². The number of rotatable bonds is 7. The van der Waals surface area contributed by atoms with Crippen molar-refractivity contribution in [1.29, 1.82) is 0 Å². The number of methoxy groups -OCH3 is 1. The SMILES string of the molecule is COc1cccc(/C=N\NC(=O)C(=O)NC2CC2)c1OCc1ccccc1Cl. The molecule has 28 heavy (non-hydrogen) atoms. The lowest BCUT2D eigenvalue weighted by atomic mass is 10.2. The molecule has 0 saturated heterocycles. The molecule has 1 saturated carbocycles. The minimum Gasteiger partial charge on any atom is -0.493 e. The summed E-state index contributed by atoms with van der Waals surface area (Å²) in [5.41, 5.74) is 3.61. The number of ether oxygens (including phenoxy) is 2. The predicted octanol–water partition coefficient (Wildman–Crippen LogP) is 2.66. The maximum absolute atomic E-state index is 11.7. The van der Waals surface area contributed by atoms with E-state index in [1.165, 1.54) is 13.3 Å². The molecule has 2 amide bonds. The van der Waals surface area contributed by atoms with Gasteiger partial charge in [0.25, 0.3) is 0 Å². The zero-order chi connectivity index (χ0) is 19.9. The van der Waals surface area contributed by atoms with Gasteiger partial charge in [0.2, 0.25) is 0 Å². The second kappa shape index (κ2) is 9.23. The molecule has 0 aromatic heterocycles. The second-order valence-electron chi connectivity index (χ2n) is 6.21. The third-order valence-corrected chi connectivity index (χ3v) is 4.42. The molecule has 1 fully saturated rings. The fourth-order valence-electron chi connectivity index (χ4n) is 2.40. The van der Waals surface area contributed by atoms with E-state index in [0.717, 1.165) is 18.4 Å². The molecule has 1 aliphatic carbocycles. The molecule has 2 aromatic rings. The van der Waals surface area contributed by atoms with Crippen LogP contribution in [-0.4, -0.2) is 31.2 Å². The first-order valence-corrected chi connectivity index (χ1v) is 9.13. The molecule has 7 nitrogen and oxygen atoms in total. The largest absolute Gasteiger partial charge is 0.493 e. The predicted molar refractivity (Wildman–Crippen MR) is 106 cm³/mol. The molecule has 0 spiro atoms. The summed E-state index contributed by atoms with van der Waals surface area (Å²) in [4.78, 5) is 23.4. The summed E-state index contributed by atoms with van der Waals surface area (Å²) in [6.45, 7) is 0.233. The second-order valence-corrected chi connectivity index (χ2v) is 6.61. The van der Waals surface area contributed by atoms with Crippen LogP contribution in [0.1, 0.15) is 24.0 Å². The average Bonchev–Trinajstić information content (AvgIpc) is 3.51. The van der Waals surface area contributed by atoms with E-state index in [-0.39, 0.29) is 12.6 Å². The fraction of sp³-hybridized carbons (Fsp3) is 0.250. The van der Waals surface area contributed by atoms with E-state index in [4.69, 9.17) is 21.1 Å². The molecule has 0 bridgehead atoms. The van der Waals surface area contributed by atoms with Crippen LogP contribution in [0.5, 0.6) is 11.5 Å². The summed E-state index contributed by atoms with van der Waals surface area (Å²) in [5.74, 6) is -0.552. The van der Waals surface area contributed by atoms with Gasteiger partial charge in [-0.1, -0.05) is 35.9 Å². The zero-order valence-electron chi connectivity index (χ0n) is 15.3. The molecule has 2 N–H and O–H groups in total. The lowest BCUT2D eigenvalue weighted by molar-refractivity contribution is -0.139. The highest BCUT2D eigenvalue weighted by Crippen LogP contribution is 2.31. The monoisotopic (exact) mass is 401 g/mol. The number of nitrogens with zero attached hydrogens (tertiary/aromatic N) is 1. The van der Waals surface area contributed by atoms with Gasteiger partial charge in [-0.25, -0.2) is 5.43 Å². The minimum absolute atomic E-state index is 0.102. The maximum atomic E-state index is 11.7. The van der Waals surface area contributed by atoms with Crippen LogP contribution >= 0.6 is 11.6 Å². The number of carbonyl (C=O) groups excluding carboxylic acids is 2. The molecule has 0 heterocycles. The Hall–Kier alpha value is -3.06. The first-order chi connectivity index (χ1) is 13.6. The van der Waals surface area contributed by atoms with Crippen molar-refractivity contribution < 1.29 is 19.1 Å². The topological polar surface area (TPSA) is 89.0 Å². The van der Waals surface area contributed by atoms with Crippen LogP contribution in [0.3, 0.4) is 0 Å². The van der Waals surface area contributed by atoms with E-state index in [9.17, 15) is 9.59 Å². The average molecular weight is 402 g/mol. The Bertz CT molecular complexity index is 897. The standard InChI is InChI=1S/C20H20ClN3O4/c1-27-17-8-4-6-13(11-22-24-20(26)19(25)23-15-9-10-15)18(17)28-12-14-5-2-3-7-16(14)21/h2-8,11,15H,9-10,12H2,1H3,(H,23,25)(H,24,26)/b22-11-. The summed E-state index contributed by atoms with van der Waals surface area (Å²) in [6, 6.07) is 12.7. The van der Waals surface area contributed by atoms with E-state index in [2.05, 4.69) is 15.8 Å². The zero-order valence-corrected chi connectivity index (χ0v) is 16.0. The van der Waals surface area contributed by atoms with Gasteiger partial charge in [0, 0.05) is 22.2 Å². The molecule has 0 aliphatic heterocycles. The van der Waals surface area contributed by atoms with Crippen molar-refractivity contribution >= 4 is 29.6 Å². The Labute approximate surface area is 167 Å².